The summed E-state index contributed by atoms with van der Waals surface area (Å²) in [5, 5.41) is 4.04. The average molecular weight is 345 g/mol. The molecule has 1 atom stereocenters. The highest BCUT2D eigenvalue weighted by Gasteiger charge is 2.30. The molecule has 1 saturated heterocycles. The number of hydrogen-bond donors (Lipinski definition) is 1. The minimum Gasteiger partial charge on any atom is -0.304 e. The van der Waals surface area contributed by atoms with E-state index in [2.05, 4.69) is 29.4 Å². The molecule has 1 aliphatic rings. The van der Waals surface area contributed by atoms with Crippen molar-refractivity contribution in [2.75, 3.05) is 0 Å². The number of carbonyl (C=O) groups is 1. The lowest BCUT2D eigenvalue weighted by Gasteiger charge is -2.05. The molecule has 1 amide bonds. The first-order chi connectivity index (χ1) is 11.1. The minimum absolute atomic E-state index is 0.00101. The van der Waals surface area contributed by atoms with E-state index in [1.807, 2.05) is 36.4 Å². The monoisotopic (exact) mass is 344 g/mol. The zero-order chi connectivity index (χ0) is 16.2. The molecule has 0 saturated carbocycles. The molecule has 1 unspecified atom stereocenters. The fraction of sp³-hybridized carbons (Fsp3) is 0.222. The number of rotatable bonds is 4. The number of amides is 1. The van der Waals surface area contributed by atoms with E-state index in [1.165, 1.54) is 17.3 Å². The predicted octanol–water partition coefficient (Wildman–Crippen LogP) is 4.36. The molecule has 0 aliphatic carbocycles. The number of benzene rings is 2. The highest BCUT2D eigenvalue weighted by Crippen LogP contribution is 2.26. The van der Waals surface area contributed by atoms with Crippen molar-refractivity contribution in [1.29, 1.82) is 0 Å². The molecule has 2 aromatic rings. The zero-order valence-electron chi connectivity index (χ0n) is 12.8. The normalized spacial score (nSPS) is 19.1. The summed E-state index contributed by atoms with van der Waals surface area (Å²) in [5.74, 6) is -0.00101. The maximum atomic E-state index is 12.1. The smallest absolute Gasteiger partial charge is 0.239 e. The van der Waals surface area contributed by atoms with Crippen molar-refractivity contribution in [3.63, 3.8) is 0 Å². The summed E-state index contributed by atoms with van der Waals surface area (Å²) >= 11 is 7.47. The largest absolute Gasteiger partial charge is 0.304 e. The van der Waals surface area contributed by atoms with Gasteiger partial charge in [0, 0.05) is 5.02 Å². The lowest BCUT2D eigenvalue weighted by molar-refractivity contribution is -0.118. The van der Waals surface area contributed by atoms with Gasteiger partial charge in [0.05, 0.1) is 10.9 Å². The summed E-state index contributed by atoms with van der Waals surface area (Å²) in [4.78, 5) is 16.6. The van der Waals surface area contributed by atoms with Gasteiger partial charge in [-0.15, -0.1) is 0 Å². The number of aliphatic imine (C=N–C) groups is 1. The molecular formula is C18H17ClN2OS. The topological polar surface area (TPSA) is 41.5 Å². The van der Waals surface area contributed by atoms with Crippen LogP contribution in [0.3, 0.4) is 0 Å². The van der Waals surface area contributed by atoms with Crippen LogP contribution < -0.4 is 5.32 Å². The van der Waals surface area contributed by atoms with Gasteiger partial charge in [0.15, 0.2) is 5.17 Å². The maximum Gasteiger partial charge on any atom is 0.239 e. The number of carbonyl (C=O) groups excluding carboxylic acids is 1. The maximum absolute atomic E-state index is 12.1. The first-order valence-corrected chi connectivity index (χ1v) is 8.79. The van der Waals surface area contributed by atoms with Crippen molar-refractivity contribution < 1.29 is 4.79 Å². The molecule has 23 heavy (non-hydrogen) atoms. The van der Waals surface area contributed by atoms with Crippen LogP contribution in [-0.2, 0) is 17.6 Å². The minimum atomic E-state index is -0.165. The molecule has 3 nitrogen and oxygen atoms in total. The van der Waals surface area contributed by atoms with Crippen molar-refractivity contribution in [2.24, 2.45) is 4.99 Å². The number of nitrogens with zero attached hydrogens (tertiary/aromatic N) is 1. The molecule has 1 fully saturated rings. The van der Waals surface area contributed by atoms with Crippen LogP contribution in [0.1, 0.15) is 18.1 Å². The van der Waals surface area contributed by atoms with E-state index >= 15 is 0 Å². The van der Waals surface area contributed by atoms with Crippen LogP contribution in [-0.4, -0.2) is 16.3 Å². The third kappa shape index (κ3) is 4.15. The van der Waals surface area contributed by atoms with Crippen LogP contribution in [0.2, 0.25) is 5.02 Å². The number of hydrogen-bond acceptors (Lipinski definition) is 3. The van der Waals surface area contributed by atoms with Crippen LogP contribution >= 0.6 is 23.4 Å². The van der Waals surface area contributed by atoms with Crippen LogP contribution in [0.4, 0.5) is 5.69 Å². The van der Waals surface area contributed by atoms with Gasteiger partial charge in [-0.3, -0.25) is 4.79 Å². The highest BCUT2D eigenvalue weighted by atomic mass is 35.5. The van der Waals surface area contributed by atoms with E-state index in [1.54, 1.807) is 0 Å². The second kappa shape index (κ2) is 7.20. The number of nitrogens with one attached hydrogen (secondary N) is 1. The van der Waals surface area contributed by atoms with Crippen LogP contribution in [0.25, 0.3) is 0 Å². The van der Waals surface area contributed by atoms with Crippen LogP contribution in [0, 0.1) is 0 Å². The fourth-order valence-corrected chi connectivity index (χ4v) is 3.64. The third-order valence-electron chi connectivity index (χ3n) is 3.66. The molecule has 5 heteroatoms. The van der Waals surface area contributed by atoms with Crippen molar-refractivity contribution >= 4 is 40.1 Å². The molecule has 0 spiro atoms. The molecular weight excluding hydrogens is 328 g/mol. The molecule has 0 aromatic heterocycles. The SMILES string of the molecule is CCc1ccc(N=C2NC(=O)C(Cc3cccc(Cl)c3)S2)cc1. The van der Waals surface area contributed by atoms with Gasteiger partial charge in [0.25, 0.3) is 0 Å². The summed E-state index contributed by atoms with van der Waals surface area (Å²) in [6.45, 7) is 2.12. The summed E-state index contributed by atoms with van der Waals surface area (Å²) in [5.41, 5.74) is 3.18. The molecule has 3 rings (SSSR count). The van der Waals surface area contributed by atoms with Crippen molar-refractivity contribution in [3.8, 4) is 0 Å². The Balaban J connectivity index is 1.70. The van der Waals surface area contributed by atoms with Gasteiger partial charge in [-0.1, -0.05) is 54.6 Å². The number of halogens is 1. The van der Waals surface area contributed by atoms with E-state index in [-0.39, 0.29) is 11.2 Å². The van der Waals surface area contributed by atoms with Crippen molar-refractivity contribution in [3.05, 3.63) is 64.7 Å². The number of aryl methyl sites for hydroxylation is 1. The Morgan fingerprint density at radius 2 is 1.96 bits per heavy atom. The molecule has 1 N–H and O–H groups in total. The molecule has 1 aliphatic heterocycles. The third-order valence-corrected chi connectivity index (χ3v) is 4.98. The van der Waals surface area contributed by atoms with E-state index < -0.39 is 0 Å². The predicted molar refractivity (Wildman–Crippen MR) is 97.6 cm³/mol. The molecule has 0 radical (unpaired) electrons. The van der Waals surface area contributed by atoms with Gasteiger partial charge in [-0.05, 0) is 48.2 Å². The summed E-state index contributed by atoms with van der Waals surface area (Å²) in [7, 11) is 0. The summed E-state index contributed by atoms with van der Waals surface area (Å²) in [6, 6.07) is 15.7. The molecule has 118 valence electrons. The van der Waals surface area contributed by atoms with Gasteiger partial charge in [0.2, 0.25) is 5.91 Å². The Morgan fingerprint density at radius 3 is 2.65 bits per heavy atom. The Morgan fingerprint density at radius 1 is 1.17 bits per heavy atom. The lowest BCUT2D eigenvalue weighted by atomic mass is 10.1. The van der Waals surface area contributed by atoms with Crippen molar-refractivity contribution in [1.82, 2.24) is 5.32 Å². The van der Waals surface area contributed by atoms with Crippen LogP contribution in [0.5, 0.6) is 0 Å². The van der Waals surface area contributed by atoms with Crippen molar-refractivity contribution in [2.45, 2.75) is 25.0 Å². The lowest BCUT2D eigenvalue weighted by Crippen LogP contribution is -2.25. The van der Waals surface area contributed by atoms with Crippen LogP contribution in [0.15, 0.2) is 53.5 Å². The molecule has 2 aromatic carbocycles. The Kier molecular flexibility index (Phi) is 5.03. The first kappa shape index (κ1) is 16.1. The van der Waals surface area contributed by atoms with E-state index in [4.69, 9.17) is 11.6 Å². The second-order valence-electron chi connectivity index (χ2n) is 5.37. The summed E-state index contributed by atoms with van der Waals surface area (Å²) < 4.78 is 0. The van der Waals surface area contributed by atoms with Gasteiger partial charge in [-0.25, -0.2) is 4.99 Å². The Bertz CT molecular complexity index is 743. The first-order valence-electron chi connectivity index (χ1n) is 7.53. The van der Waals surface area contributed by atoms with E-state index in [0.717, 1.165) is 17.7 Å². The molecule has 1 heterocycles. The quantitative estimate of drug-likeness (QED) is 0.895. The standard InChI is InChI=1S/C18H17ClN2OS/c1-2-12-6-8-15(9-7-12)20-18-21-17(22)16(23-18)11-13-4-3-5-14(19)10-13/h3-10,16H,2,11H2,1H3,(H,20,21,22). The molecule has 0 bridgehead atoms. The zero-order valence-corrected chi connectivity index (χ0v) is 14.3. The van der Waals surface area contributed by atoms with Gasteiger partial charge in [-0.2, -0.15) is 0 Å². The Hall–Kier alpha value is -1.78. The average Bonchev–Trinajstić information content (AvgIpc) is 2.87. The number of thioether (sulfide) groups is 1. The van der Waals surface area contributed by atoms with E-state index in [9.17, 15) is 4.79 Å². The number of amidine groups is 1. The Labute approximate surface area is 145 Å². The van der Waals surface area contributed by atoms with Gasteiger partial charge < -0.3 is 5.32 Å². The summed E-state index contributed by atoms with van der Waals surface area (Å²) in [6.07, 6.45) is 1.65. The van der Waals surface area contributed by atoms with Gasteiger partial charge >= 0.3 is 0 Å². The highest BCUT2D eigenvalue weighted by molar-refractivity contribution is 8.15. The van der Waals surface area contributed by atoms with E-state index in [0.29, 0.717) is 16.6 Å². The second-order valence-corrected chi connectivity index (χ2v) is 6.99. The fourth-order valence-electron chi connectivity index (χ4n) is 2.39. The van der Waals surface area contributed by atoms with Gasteiger partial charge in [0.1, 0.15) is 0 Å².